The molecule has 1 heterocycles. The standard InChI is InChI=1S/C11H21N/c1-9(2)6-12-7-11(8-12)10-4-3-5-10/h9-11H,3-8H2,1-2H3. The minimum atomic E-state index is 0.854. The highest BCUT2D eigenvalue weighted by atomic mass is 15.2. The Balaban J connectivity index is 1.63. The molecule has 2 fully saturated rings. The van der Waals surface area contributed by atoms with E-state index in [0.717, 1.165) is 17.8 Å². The van der Waals surface area contributed by atoms with Crippen LogP contribution in [0.4, 0.5) is 0 Å². The number of rotatable bonds is 3. The minimum Gasteiger partial charge on any atom is -0.302 e. The number of likely N-dealkylation sites (tertiary alicyclic amines) is 1. The van der Waals surface area contributed by atoms with Crippen molar-refractivity contribution in [3.05, 3.63) is 0 Å². The Morgan fingerprint density at radius 3 is 2.25 bits per heavy atom. The largest absolute Gasteiger partial charge is 0.302 e. The Hall–Kier alpha value is -0.0400. The van der Waals surface area contributed by atoms with E-state index in [-0.39, 0.29) is 0 Å². The van der Waals surface area contributed by atoms with Gasteiger partial charge >= 0.3 is 0 Å². The zero-order valence-electron chi connectivity index (χ0n) is 8.42. The van der Waals surface area contributed by atoms with E-state index in [1.807, 2.05) is 0 Å². The van der Waals surface area contributed by atoms with Gasteiger partial charge in [-0.05, 0) is 17.8 Å². The van der Waals surface area contributed by atoms with Gasteiger partial charge in [0.25, 0.3) is 0 Å². The Bertz CT molecular complexity index is 143. The zero-order valence-corrected chi connectivity index (χ0v) is 8.42. The fraction of sp³-hybridized carbons (Fsp3) is 1.00. The maximum atomic E-state index is 2.62. The molecule has 1 aliphatic heterocycles. The third-order valence-corrected chi connectivity index (χ3v) is 3.43. The molecule has 70 valence electrons. The van der Waals surface area contributed by atoms with Crippen LogP contribution in [0.25, 0.3) is 0 Å². The first kappa shape index (κ1) is 8.55. The molecule has 1 saturated carbocycles. The molecule has 0 atom stereocenters. The maximum absolute atomic E-state index is 2.62. The van der Waals surface area contributed by atoms with Crippen molar-refractivity contribution in [3.8, 4) is 0 Å². The van der Waals surface area contributed by atoms with Crippen LogP contribution in [-0.4, -0.2) is 24.5 Å². The first-order valence-corrected chi connectivity index (χ1v) is 5.48. The van der Waals surface area contributed by atoms with E-state index in [1.54, 1.807) is 0 Å². The summed E-state index contributed by atoms with van der Waals surface area (Å²) in [6.07, 6.45) is 4.56. The highest BCUT2D eigenvalue weighted by Crippen LogP contribution is 2.38. The molecule has 0 radical (unpaired) electrons. The van der Waals surface area contributed by atoms with Crippen molar-refractivity contribution < 1.29 is 0 Å². The molecule has 1 heteroatoms. The highest BCUT2D eigenvalue weighted by Gasteiger charge is 2.35. The van der Waals surface area contributed by atoms with Crippen LogP contribution in [0.1, 0.15) is 33.1 Å². The lowest BCUT2D eigenvalue weighted by atomic mass is 9.72. The van der Waals surface area contributed by atoms with Crippen LogP contribution in [-0.2, 0) is 0 Å². The lowest BCUT2D eigenvalue weighted by Crippen LogP contribution is -2.52. The van der Waals surface area contributed by atoms with E-state index in [2.05, 4.69) is 18.7 Å². The van der Waals surface area contributed by atoms with E-state index in [0.29, 0.717) is 0 Å². The summed E-state index contributed by atoms with van der Waals surface area (Å²) < 4.78 is 0. The molecule has 0 aromatic carbocycles. The summed E-state index contributed by atoms with van der Waals surface area (Å²) >= 11 is 0. The lowest BCUT2D eigenvalue weighted by molar-refractivity contribution is 0.0194. The molecule has 0 unspecified atom stereocenters. The van der Waals surface area contributed by atoms with Crippen molar-refractivity contribution in [2.45, 2.75) is 33.1 Å². The predicted molar refractivity (Wildman–Crippen MR) is 52.1 cm³/mol. The van der Waals surface area contributed by atoms with Gasteiger partial charge in [0.05, 0.1) is 0 Å². The Morgan fingerprint density at radius 1 is 1.17 bits per heavy atom. The van der Waals surface area contributed by atoms with Crippen molar-refractivity contribution >= 4 is 0 Å². The SMILES string of the molecule is CC(C)CN1CC(C2CCC2)C1. The third kappa shape index (κ3) is 1.66. The first-order valence-electron chi connectivity index (χ1n) is 5.48. The zero-order chi connectivity index (χ0) is 8.55. The maximum Gasteiger partial charge on any atom is 0.00248 e. The fourth-order valence-corrected chi connectivity index (χ4v) is 2.48. The highest BCUT2D eigenvalue weighted by molar-refractivity contribution is 4.88. The monoisotopic (exact) mass is 167 g/mol. The van der Waals surface area contributed by atoms with Gasteiger partial charge in [-0.1, -0.05) is 33.1 Å². The molecule has 0 N–H and O–H groups in total. The summed E-state index contributed by atoms with van der Waals surface area (Å²) in [7, 11) is 0. The molecule has 0 amide bonds. The summed E-state index contributed by atoms with van der Waals surface area (Å²) in [5.74, 6) is 3.05. The van der Waals surface area contributed by atoms with E-state index < -0.39 is 0 Å². The Morgan fingerprint density at radius 2 is 1.83 bits per heavy atom. The molecule has 1 aliphatic carbocycles. The van der Waals surface area contributed by atoms with E-state index >= 15 is 0 Å². The summed E-state index contributed by atoms with van der Waals surface area (Å²) in [5.41, 5.74) is 0. The second-order valence-electron chi connectivity index (χ2n) is 5.06. The third-order valence-electron chi connectivity index (χ3n) is 3.43. The van der Waals surface area contributed by atoms with Crippen LogP contribution in [0.2, 0.25) is 0 Å². The van der Waals surface area contributed by atoms with Gasteiger partial charge in [0.2, 0.25) is 0 Å². The van der Waals surface area contributed by atoms with Crippen molar-refractivity contribution in [3.63, 3.8) is 0 Å². The van der Waals surface area contributed by atoms with Gasteiger partial charge < -0.3 is 4.90 Å². The molecule has 1 saturated heterocycles. The minimum absolute atomic E-state index is 0.854. The molecule has 2 rings (SSSR count). The average Bonchev–Trinajstić information content (AvgIpc) is 1.77. The topological polar surface area (TPSA) is 3.24 Å². The van der Waals surface area contributed by atoms with Gasteiger partial charge in [0.1, 0.15) is 0 Å². The van der Waals surface area contributed by atoms with Crippen LogP contribution in [0.15, 0.2) is 0 Å². The van der Waals surface area contributed by atoms with Crippen molar-refractivity contribution in [1.29, 1.82) is 0 Å². The van der Waals surface area contributed by atoms with Crippen molar-refractivity contribution in [1.82, 2.24) is 4.90 Å². The smallest absolute Gasteiger partial charge is 0.00248 e. The van der Waals surface area contributed by atoms with Crippen molar-refractivity contribution in [2.24, 2.45) is 17.8 Å². The molecule has 1 nitrogen and oxygen atoms in total. The van der Waals surface area contributed by atoms with Gasteiger partial charge in [0.15, 0.2) is 0 Å². The molecule has 0 aromatic heterocycles. The Kier molecular flexibility index (Phi) is 2.40. The van der Waals surface area contributed by atoms with Crippen LogP contribution >= 0.6 is 0 Å². The summed E-state index contributed by atoms with van der Waals surface area (Å²) in [6.45, 7) is 8.77. The molecule has 12 heavy (non-hydrogen) atoms. The molecule has 0 aromatic rings. The molecular formula is C11H21N. The second-order valence-corrected chi connectivity index (χ2v) is 5.06. The quantitative estimate of drug-likeness (QED) is 0.624. The van der Waals surface area contributed by atoms with Crippen LogP contribution in [0, 0.1) is 17.8 Å². The number of hydrogen-bond acceptors (Lipinski definition) is 1. The van der Waals surface area contributed by atoms with Crippen molar-refractivity contribution in [2.75, 3.05) is 19.6 Å². The van der Waals surface area contributed by atoms with Crippen LogP contribution < -0.4 is 0 Å². The summed E-state index contributed by atoms with van der Waals surface area (Å²) in [4.78, 5) is 2.62. The molecule has 0 spiro atoms. The van der Waals surface area contributed by atoms with Gasteiger partial charge in [-0.15, -0.1) is 0 Å². The molecule has 0 bridgehead atoms. The van der Waals surface area contributed by atoms with E-state index in [4.69, 9.17) is 0 Å². The number of hydrogen-bond donors (Lipinski definition) is 0. The predicted octanol–water partition coefficient (Wildman–Crippen LogP) is 2.37. The average molecular weight is 167 g/mol. The molecular weight excluding hydrogens is 146 g/mol. The normalized spacial score (nSPS) is 27.2. The van der Waals surface area contributed by atoms with E-state index in [9.17, 15) is 0 Å². The van der Waals surface area contributed by atoms with Gasteiger partial charge in [0, 0.05) is 19.6 Å². The lowest BCUT2D eigenvalue weighted by Gasteiger charge is -2.47. The van der Waals surface area contributed by atoms with Crippen LogP contribution in [0.3, 0.4) is 0 Å². The Labute approximate surface area is 76.1 Å². The summed E-state index contributed by atoms with van der Waals surface area (Å²) in [5, 5.41) is 0. The van der Waals surface area contributed by atoms with Gasteiger partial charge in [-0.2, -0.15) is 0 Å². The second kappa shape index (κ2) is 3.37. The number of nitrogens with zero attached hydrogens (tertiary/aromatic N) is 1. The van der Waals surface area contributed by atoms with E-state index in [1.165, 1.54) is 38.9 Å². The molecule has 2 aliphatic rings. The first-order chi connectivity index (χ1) is 5.75. The van der Waals surface area contributed by atoms with Crippen LogP contribution in [0.5, 0.6) is 0 Å². The fourth-order valence-electron chi connectivity index (χ4n) is 2.48. The summed E-state index contributed by atoms with van der Waals surface area (Å²) in [6, 6.07) is 0. The van der Waals surface area contributed by atoms with Gasteiger partial charge in [-0.3, -0.25) is 0 Å². The van der Waals surface area contributed by atoms with Gasteiger partial charge in [-0.25, -0.2) is 0 Å².